The van der Waals surface area contributed by atoms with Crippen molar-refractivity contribution in [1.29, 1.82) is 5.26 Å². The summed E-state index contributed by atoms with van der Waals surface area (Å²) in [5, 5.41) is 9.22. The van der Waals surface area contributed by atoms with Gasteiger partial charge in [-0.15, -0.1) is 0 Å². The van der Waals surface area contributed by atoms with E-state index in [0.717, 1.165) is 0 Å². The third-order valence-corrected chi connectivity index (χ3v) is 4.19. The monoisotopic (exact) mass is 361 g/mol. The van der Waals surface area contributed by atoms with Crippen LogP contribution in [0.25, 0.3) is 0 Å². The average molecular weight is 361 g/mol. The molecule has 138 valence electrons. The van der Waals surface area contributed by atoms with Crippen LogP contribution in [0.2, 0.25) is 0 Å². The van der Waals surface area contributed by atoms with Crippen LogP contribution in [0.3, 0.4) is 0 Å². The lowest BCUT2D eigenvalue weighted by atomic mass is 9.99. The van der Waals surface area contributed by atoms with Crippen molar-refractivity contribution in [2.24, 2.45) is 0 Å². The average Bonchev–Trinajstić information content (AvgIpc) is 2.95. The Labute approximate surface area is 150 Å². The summed E-state index contributed by atoms with van der Waals surface area (Å²) in [5.74, 6) is -2.69. The van der Waals surface area contributed by atoms with Crippen molar-refractivity contribution in [3.05, 3.63) is 35.9 Å². The van der Waals surface area contributed by atoms with Gasteiger partial charge >= 0.3 is 11.9 Å². The van der Waals surface area contributed by atoms with E-state index in [4.69, 9.17) is 23.7 Å². The van der Waals surface area contributed by atoms with Gasteiger partial charge in [-0.1, -0.05) is 18.2 Å². The van der Waals surface area contributed by atoms with Gasteiger partial charge < -0.3 is 23.7 Å². The van der Waals surface area contributed by atoms with Crippen molar-refractivity contribution in [2.45, 2.75) is 57.3 Å². The summed E-state index contributed by atoms with van der Waals surface area (Å²) in [6, 6.07) is 10.3. The highest BCUT2D eigenvalue weighted by Crippen LogP contribution is 2.38. The smallest absolute Gasteiger partial charge is 0.338 e. The lowest BCUT2D eigenvalue weighted by Crippen LogP contribution is -2.58. The fourth-order valence-corrected chi connectivity index (χ4v) is 3.01. The summed E-state index contributed by atoms with van der Waals surface area (Å²) < 4.78 is 27.7. The fourth-order valence-electron chi connectivity index (χ4n) is 3.01. The molecule has 2 heterocycles. The minimum Gasteiger partial charge on any atom is -0.455 e. The molecule has 2 saturated heterocycles. The first-order valence-corrected chi connectivity index (χ1v) is 8.18. The van der Waals surface area contributed by atoms with E-state index in [-0.39, 0.29) is 0 Å². The number of benzene rings is 1. The SMILES string of the molecule is CC(=O)O[C@@H]1[C@@H](OC(=O)c2ccccc2)[C@H](C)O[C@@H]2O[C@@](C)(C#N)O[C@@H]21. The Balaban J connectivity index is 1.84. The molecule has 1 aromatic carbocycles. The van der Waals surface area contributed by atoms with Crippen molar-refractivity contribution < 1.29 is 33.3 Å². The zero-order chi connectivity index (χ0) is 18.9. The number of ether oxygens (including phenoxy) is 5. The summed E-state index contributed by atoms with van der Waals surface area (Å²) in [6.45, 7) is 4.35. The van der Waals surface area contributed by atoms with Crippen molar-refractivity contribution in [1.82, 2.24) is 0 Å². The molecule has 0 unspecified atom stereocenters. The molecule has 0 aliphatic carbocycles. The topological polar surface area (TPSA) is 104 Å². The van der Waals surface area contributed by atoms with Crippen LogP contribution in [0.4, 0.5) is 0 Å². The van der Waals surface area contributed by atoms with Crippen molar-refractivity contribution >= 4 is 11.9 Å². The maximum Gasteiger partial charge on any atom is 0.338 e. The van der Waals surface area contributed by atoms with Gasteiger partial charge in [-0.3, -0.25) is 4.79 Å². The normalized spacial score (nSPS) is 35.8. The molecule has 6 atom stereocenters. The second-order valence-electron chi connectivity index (χ2n) is 6.28. The standard InChI is InChI=1S/C18H19NO7/c1-10-13(24-16(21)12-7-5-4-6-8-12)14(23-11(2)20)15-17(22-10)26-18(3,9-19)25-15/h4-8,10,13-15,17H,1-3H3/t10-,13-,14+,15+,17+,18-/m0/s1. The van der Waals surface area contributed by atoms with E-state index in [1.165, 1.54) is 13.8 Å². The molecule has 0 N–H and O–H groups in total. The van der Waals surface area contributed by atoms with Gasteiger partial charge in [0.15, 0.2) is 24.6 Å². The van der Waals surface area contributed by atoms with E-state index in [0.29, 0.717) is 5.56 Å². The largest absolute Gasteiger partial charge is 0.455 e. The van der Waals surface area contributed by atoms with Crippen LogP contribution in [-0.2, 0) is 28.5 Å². The van der Waals surface area contributed by atoms with Crippen molar-refractivity contribution in [2.75, 3.05) is 0 Å². The van der Waals surface area contributed by atoms with Crippen LogP contribution < -0.4 is 0 Å². The van der Waals surface area contributed by atoms with Gasteiger partial charge in [-0.05, 0) is 19.1 Å². The first kappa shape index (κ1) is 18.3. The van der Waals surface area contributed by atoms with Gasteiger partial charge in [-0.2, -0.15) is 5.26 Å². The van der Waals surface area contributed by atoms with Gasteiger partial charge in [0.2, 0.25) is 0 Å². The molecular weight excluding hydrogens is 342 g/mol. The highest BCUT2D eigenvalue weighted by atomic mass is 16.8. The maximum absolute atomic E-state index is 12.4. The zero-order valence-corrected chi connectivity index (χ0v) is 14.6. The Morgan fingerprint density at radius 3 is 2.46 bits per heavy atom. The Bertz CT molecular complexity index is 731. The van der Waals surface area contributed by atoms with Crippen molar-refractivity contribution in [3.8, 4) is 6.07 Å². The molecule has 0 spiro atoms. The summed E-state index contributed by atoms with van der Waals surface area (Å²) in [5.41, 5.74) is 0.355. The number of hydrogen-bond acceptors (Lipinski definition) is 8. The highest BCUT2D eigenvalue weighted by molar-refractivity contribution is 5.89. The number of fused-ring (bicyclic) bond motifs is 1. The van der Waals surface area contributed by atoms with Gasteiger partial charge in [0.05, 0.1) is 11.7 Å². The first-order valence-electron chi connectivity index (χ1n) is 8.18. The highest BCUT2D eigenvalue weighted by Gasteiger charge is 2.58. The molecule has 3 rings (SSSR count). The molecule has 0 saturated carbocycles. The summed E-state index contributed by atoms with van der Waals surface area (Å²) in [6.07, 6.45) is -4.33. The molecule has 8 nitrogen and oxygen atoms in total. The molecule has 2 aliphatic rings. The molecule has 1 aromatic rings. The third kappa shape index (κ3) is 3.55. The molecule has 0 aromatic heterocycles. The Morgan fingerprint density at radius 2 is 1.85 bits per heavy atom. The molecular formula is C18H19NO7. The number of esters is 2. The second kappa shape index (κ2) is 7.03. The number of hydrogen-bond donors (Lipinski definition) is 0. The molecule has 2 aliphatic heterocycles. The van der Waals surface area contributed by atoms with E-state index in [1.807, 2.05) is 6.07 Å². The van der Waals surface area contributed by atoms with Gasteiger partial charge in [0, 0.05) is 13.8 Å². The van der Waals surface area contributed by atoms with Crippen molar-refractivity contribution in [3.63, 3.8) is 0 Å². The van der Waals surface area contributed by atoms with Gasteiger partial charge in [0.25, 0.3) is 5.79 Å². The van der Waals surface area contributed by atoms with E-state index in [9.17, 15) is 14.9 Å². The van der Waals surface area contributed by atoms with Crippen LogP contribution in [0.5, 0.6) is 0 Å². The number of nitriles is 1. The van der Waals surface area contributed by atoms with Crippen LogP contribution in [0.1, 0.15) is 31.1 Å². The minimum absolute atomic E-state index is 0.355. The predicted molar refractivity (Wildman–Crippen MR) is 85.5 cm³/mol. The number of nitrogens with zero attached hydrogens (tertiary/aromatic N) is 1. The number of rotatable bonds is 3. The first-order chi connectivity index (χ1) is 12.3. The lowest BCUT2D eigenvalue weighted by molar-refractivity contribution is -0.248. The van der Waals surface area contributed by atoms with E-state index in [2.05, 4.69) is 0 Å². The quantitative estimate of drug-likeness (QED) is 0.747. The maximum atomic E-state index is 12.4. The lowest BCUT2D eigenvalue weighted by Gasteiger charge is -2.40. The molecule has 0 amide bonds. The second-order valence-corrected chi connectivity index (χ2v) is 6.28. The third-order valence-electron chi connectivity index (χ3n) is 4.19. The Hall–Kier alpha value is -2.47. The summed E-state index contributed by atoms with van der Waals surface area (Å²) >= 11 is 0. The van der Waals surface area contributed by atoms with E-state index < -0.39 is 48.4 Å². The van der Waals surface area contributed by atoms with Crippen LogP contribution >= 0.6 is 0 Å². The number of carbonyl (C=O) groups excluding carboxylic acids is 2. The summed E-state index contributed by atoms with van der Waals surface area (Å²) in [4.78, 5) is 24.0. The Morgan fingerprint density at radius 1 is 1.15 bits per heavy atom. The van der Waals surface area contributed by atoms with Gasteiger partial charge in [-0.25, -0.2) is 4.79 Å². The minimum atomic E-state index is -1.54. The fraction of sp³-hybridized carbons (Fsp3) is 0.500. The van der Waals surface area contributed by atoms with Crippen LogP contribution in [0.15, 0.2) is 30.3 Å². The van der Waals surface area contributed by atoms with Crippen LogP contribution in [-0.4, -0.2) is 48.4 Å². The van der Waals surface area contributed by atoms with Gasteiger partial charge in [0.1, 0.15) is 6.07 Å². The molecule has 26 heavy (non-hydrogen) atoms. The molecule has 2 fully saturated rings. The van der Waals surface area contributed by atoms with E-state index >= 15 is 0 Å². The number of carbonyl (C=O) groups is 2. The van der Waals surface area contributed by atoms with Crippen LogP contribution in [0, 0.1) is 11.3 Å². The molecule has 0 radical (unpaired) electrons. The zero-order valence-electron chi connectivity index (χ0n) is 14.6. The Kier molecular flexibility index (Phi) is 4.96. The molecule has 0 bridgehead atoms. The summed E-state index contributed by atoms with van der Waals surface area (Å²) in [7, 11) is 0. The van der Waals surface area contributed by atoms with E-state index in [1.54, 1.807) is 37.3 Å². The predicted octanol–water partition coefficient (Wildman–Crippen LogP) is 1.54. The molecule has 8 heteroatoms.